The van der Waals surface area contributed by atoms with Gasteiger partial charge in [-0.2, -0.15) is 0 Å². The Morgan fingerprint density at radius 2 is 1.64 bits per heavy atom. The number of likely N-dealkylation sites (N-methyl/N-ethyl adjacent to an activating group) is 1. The van der Waals surface area contributed by atoms with Crippen molar-refractivity contribution in [3.05, 3.63) is 76.8 Å². The van der Waals surface area contributed by atoms with Crippen LogP contribution < -0.4 is 0 Å². The summed E-state index contributed by atoms with van der Waals surface area (Å²) in [5.41, 5.74) is 2.60. The van der Waals surface area contributed by atoms with E-state index in [0.717, 1.165) is 22.5 Å². The number of rotatable bonds is 6. The minimum absolute atomic E-state index is 0.470. The molecule has 2 aromatic rings. The van der Waals surface area contributed by atoms with E-state index in [9.17, 15) is 0 Å². The molecule has 2 aromatic carbocycles. The average molecular weight is 315 g/mol. The third-order valence-electron chi connectivity index (χ3n) is 4.17. The second-order valence-electron chi connectivity index (χ2n) is 6.25. The van der Waals surface area contributed by atoms with Crippen LogP contribution in [0, 0.1) is 0 Å². The van der Waals surface area contributed by atoms with Crippen molar-refractivity contribution >= 4 is 17.7 Å². The molecule has 2 heteroatoms. The Kier molecular flexibility index (Phi) is 5.82. The molecule has 0 aliphatic rings. The van der Waals surface area contributed by atoms with Crippen molar-refractivity contribution < 1.29 is 4.48 Å². The molecule has 2 rings (SSSR count). The largest absolute Gasteiger partial charge is 0.319 e. The van der Waals surface area contributed by atoms with E-state index >= 15 is 0 Å². The first-order chi connectivity index (χ1) is 10.5. The van der Waals surface area contributed by atoms with Gasteiger partial charge in [-0.05, 0) is 23.8 Å². The lowest BCUT2D eigenvalue weighted by atomic mass is 10.0. The molecular formula is C20H25ClN+. The van der Waals surface area contributed by atoms with Crippen molar-refractivity contribution in [2.24, 2.45) is 0 Å². The highest BCUT2D eigenvalue weighted by molar-refractivity contribution is 6.30. The summed E-state index contributed by atoms with van der Waals surface area (Å²) in [5.74, 6) is 0. The molecule has 0 radical (unpaired) electrons. The Balaban J connectivity index is 2.09. The number of hydrogen-bond acceptors (Lipinski definition) is 0. The van der Waals surface area contributed by atoms with Gasteiger partial charge >= 0.3 is 0 Å². The molecule has 0 aromatic heterocycles. The number of halogens is 1. The van der Waals surface area contributed by atoms with Gasteiger partial charge in [0.1, 0.15) is 6.04 Å². The van der Waals surface area contributed by atoms with E-state index in [4.69, 9.17) is 11.6 Å². The number of benzene rings is 2. The molecule has 0 saturated heterocycles. The Morgan fingerprint density at radius 1 is 1.00 bits per heavy atom. The van der Waals surface area contributed by atoms with Crippen LogP contribution in [0.1, 0.15) is 30.5 Å². The monoisotopic (exact) mass is 314 g/mol. The first-order valence-corrected chi connectivity index (χ1v) is 8.20. The molecule has 22 heavy (non-hydrogen) atoms. The van der Waals surface area contributed by atoms with E-state index in [1.165, 1.54) is 11.1 Å². The molecule has 0 aliphatic heterocycles. The zero-order chi connectivity index (χ0) is 16.0. The number of hydrogen-bond donors (Lipinski definition) is 0. The molecule has 0 fully saturated rings. The third-order valence-corrected chi connectivity index (χ3v) is 4.42. The minimum Gasteiger partial charge on any atom is -0.319 e. The summed E-state index contributed by atoms with van der Waals surface area (Å²) in [6.45, 7) is 3.25. The zero-order valence-corrected chi connectivity index (χ0v) is 14.4. The van der Waals surface area contributed by atoms with Gasteiger partial charge in [-0.3, -0.25) is 0 Å². The predicted octanol–water partition coefficient (Wildman–Crippen LogP) is 5.58. The van der Waals surface area contributed by atoms with Crippen LogP contribution >= 0.6 is 11.6 Å². The highest BCUT2D eigenvalue weighted by Gasteiger charge is 2.27. The second-order valence-corrected chi connectivity index (χ2v) is 6.69. The van der Waals surface area contributed by atoms with Gasteiger partial charge in [0.25, 0.3) is 0 Å². The van der Waals surface area contributed by atoms with Crippen LogP contribution in [0.5, 0.6) is 0 Å². The van der Waals surface area contributed by atoms with Crippen molar-refractivity contribution in [1.82, 2.24) is 0 Å². The maximum atomic E-state index is 6.01. The molecule has 1 unspecified atom stereocenters. The average Bonchev–Trinajstić information content (AvgIpc) is 2.50. The molecule has 0 amide bonds. The molecule has 0 bridgehead atoms. The van der Waals surface area contributed by atoms with Gasteiger partial charge in [-0.1, -0.05) is 67.1 Å². The fraction of sp³-hybridized carbons (Fsp3) is 0.300. The summed E-state index contributed by atoms with van der Waals surface area (Å²) in [5, 5.41) is 0.799. The van der Waals surface area contributed by atoms with Crippen LogP contribution in [0.25, 0.3) is 6.08 Å². The zero-order valence-electron chi connectivity index (χ0n) is 13.7. The fourth-order valence-corrected chi connectivity index (χ4v) is 3.10. The Bertz CT molecular complexity index is 599. The van der Waals surface area contributed by atoms with Crippen molar-refractivity contribution in [3.8, 4) is 0 Å². The topological polar surface area (TPSA) is 0 Å². The number of quaternary nitrogens is 1. The smallest absolute Gasteiger partial charge is 0.114 e. The molecule has 1 atom stereocenters. The first kappa shape index (κ1) is 16.8. The van der Waals surface area contributed by atoms with E-state index in [0.29, 0.717) is 6.04 Å². The maximum Gasteiger partial charge on any atom is 0.114 e. The van der Waals surface area contributed by atoms with Crippen molar-refractivity contribution in [2.45, 2.75) is 19.4 Å². The molecule has 0 saturated carbocycles. The van der Waals surface area contributed by atoms with Gasteiger partial charge in [-0.25, -0.2) is 0 Å². The summed E-state index contributed by atoms with van der Waals surface area (Å²) in [6, 6.07) is 19.2. The van der Waals surface area contributed by atoms with Crippen LogP contribution in [0.2, 0.25) is 5.02 Å². The molecule has 116 valence electrons. The van der Waals surface area contributed by atoms with Crippen LogP contribution in [0.4, 0.5) is 0 Å². The molecule has 0 heterocycles. The van der Waals surface area contributed by atoms with Gasteiger partial charge in [0, 0.05) is 17.0 Å². The normalized spacial score (nSPS) is 13.5. The van der Waals surface area contributed by atoms with E-state index in [1.54, 1.807) is 0 Å². The lowest BCUT2D eigenvalue weighted by Gasteiger charge is -2.37. The molecule has 0 aliphatic carbocycles. The lowest BCUT2D eigenvalue weighted by molar-refractivity contribution is -0.915. The predicted molar refractivity (Wildman–Crippen MR) is 96.9 cm³/mol. The van der Waals surface area contributed by atoms with E-state index in [1.807, 2.05) is 18.2 Å². The second kappa shape index (κ2) is 7.62. The molecule has 1 nitrogen and oxygen atoms in total. The van der Waals surface area contributed by atoms with Gasteiger partial charge in [0.15, 0.2) is 0 Å². The van der Waals surface area contributed by atoms with Crippen molar-refractivity contribution in [2.75, 3.05) is 20.6 Å². The van der Waals surface area contributed by atoms with Gasteiger partial charge in [0.2, 0.25) is 0 Å². The summed E-state index contributed by atoms with van der Waals surface area (Å²) >= 11 is 6.01. The highest BCUT2D eigenvalue weighted by atomic mass is 35.5. The van der Waals surface area contributed by atoms with Crippen molar-refractivity contribution in [3.63, 3.8) is 0 Å². The SMILES string of the molecule is CCC(c1ccc(Cl)cc1)[N+](C)(C)CC=Cc1ccccc1. The van der Waals surface area contributed by atoms with Crippen molar-refractivity contribution in [1.29, 1.82) is 0 Å². The molecular weight excluding hydrogens is 290 g/mol. The quantitative estimate of drug-likeness (QED) is 0.610. The lowest BCUT2D eigenvalue weighted by Crippen LogP contribution is -2.43. The standard InChI is InChI=1S/C20H25ClN/c1-4-20(18-12-14-19(21)15-13-18)22(2,3)16-8-11-17-9-6-5-7-10-17/h5-15,20H,4,16H2,1-3H3/q+1. The van der Waals surface area contributed by atoms with Gasteiger partial charge in [0.05, 0.1) is 20.6 Å². The van der Waals surface area contributed by atoms with E-state index < -0.39 is 0 Å². The maximum absolute atomic E-state index is 6.01. The summed E-state index contributed by atoms with van der Waals surface area (Å²) in [7, 11) is 4.58. The Morgan fingerprint density at radius 3 is 2.23 bits per heavy atom. The number of nitrogens with zero attached hydrogens (tertiary/aromatic N) is 1. The van der Waals surface area contributed by atoms with Crippen LogP contribution in [-0.4, -0.2) is 25.1 Å². The Labute approximate surface area is 139 Å². The van der Waals surface area contributed by atoms with Gasteiger partial charge < -0.3 is 4.48 Å². The first-order valence-electron chi connectivity index (χ1n) is 7.82. The molecule has 0 N–H and O–H groups in total. The van der Waals surface area contributed by atoms with Gasteiger partial charge in [-0.15, -0.1) is 0 Å². The van der Waals surface area contributed by atoms with Crippen LogP contribution in [0.15, 0.2) is 60.7 Å². The molecule has 0 spiro atoms. The third kappa shape index (κ3) is 4.46. The summed E-state index contributed by atoms with van der Waals surface area (Å²) in [6.07, 6.45) is 5.58. The minimum atomic E-state index is 0.470. The Hall–Kier alpha value is -1.57. The highest BCUT2D eigenvalue weighted by Crippen LogP contribution is 2.29. The summed E-state index contributed by atoms with van der Waals surface area (Å²) < 4.78 is 0.932. The summed E-state index contributed by atoms with van der Waals surface area (Å²) in [4.78, 5) is 0. The fourth-order valence-electron chi connectivity index (χ4n) is 2.97. The van der Waals surface area contributed by atoms with E-state index in [2.05, 4.69) is 69.6 Å². The van der Waals surface area contributed by atoms with E-state index in [-0.39, 0.29) is 0 Å². The van der Waals surface area contributed by atoms with Crippen LogP contribution in [-0.2, 0) is 0 Å². The van der Waals surface area contributed by atoms with Crippen LogP contribution in [0.3, 0.4) is 0 Å².